The summed E-state index contributed by atoms with van der Waals surface area (Å²) < 4.78 is 11.1. The van der Waals surface area contributed by atoms with Gasteiger partial charge in [0.15, 0.2) is 5.58 Å². The van der Waals surface area contributed by atoms with E-state index in [2.05, 4.69) is 22.0 Å². The fraction of sp³-hybridized carbons (Fsp3) is 0.222. The van der Waals surface area contributed by atoms with Crippen molar-refractivity contribution in [3.8, 4) is 11.3 Å². The van der Waals surface area contributed by atoms with Crippen LogP contribution in [0.15, 0.2) is 77.8 Å². The van der Waals surface area contributed by atoms with E-state index in [4.69, 9.17) is 9.26 Å². The van der Waals surface area contributed by atoms with E-state index in [9.17, 15) is 4.79 Å². The Kier molecular flexibility index (Phi) is 6.27. The lowest BCUT2D eigenvalue weighted by molar-refractivity contribution is 0.0503. The van der Waals surface area contributed by atoms with Gasteiger partial charge in [0.2, 0.25) is 0 Å². The number of para-hydroxylation sites is 1. The van der Waals surface area contributed by atoms with Gasteiger partial charge >= 0.3 is 6.09 Å². The highest BCUT2D eigenvalue weighted by Gasteiger charge is 2.25. The summed E-state index contributed by atoms with van der Waals surface area (Å²) in [6.45, 7) is 9.32. The summed E-state index contributed by atoms with van der Waals surface area (Å²) in [7, 11) is 0. The van der Waals surface area contributed by atoms with E-state index in [-0.39, 0.29) is 0 Å². The van der Waals surface area contributed by atoms with Gasteiger partial charge < -0.3 is 14.6 Å². The second-order valence-electron chi connectivity index (χ2n) is 8.78. The minimum Gasteiger partial charge on any atom is -0.444 e. The number of hydrogen-bond donors (Lipinski definition) is 1. The Bertz CT molecular complexity index is 1290. The van der Waals surface area contributed by atoms with Gasteiger partial charge in [-0.05, 0) is 56.7 Å². The summed E-state index contributed by atoms with van der Waals surface area (Å²) in [6.07, 6.45) is 1.68. The van der Waals surface area contributed by atoms with Crippen LogP contribution in [0.2, 0.25) is 0 Å². The van der Waals surface area contributed by atoms with E-state index in [0.29, 0.717) is 12.0 Å². The molecule has 33 heavy (non-hydrogen) atoms. The molecule has 1 atom stereocenters. The molecule has 1 N–H and O–H groups in total. The molecule has 6 heteroatoms. The number of nitrogens with zero attached hydrogens (tertiary/aromatic N) is 2. The molecule has 0 radical (unpaired) electrons. The number of aromatic nitrogens is 2. The van der Waals surface area contributed by atoms with Gasteiger partial charge in [0.05, 0.1) is 11.7 Å². The number of amides is 1. The third kappa shape index (κ3) is 5.29. The number of carbonyl (C=O) groups excluding carboxylic acids is 1. The molecule has 0 spiro atoms. The van der Waals surface area contributed by atoms with Crippen LogP contribution < -0.4 is 5.32 Å². The van der Waals surface area contributed by atoms with Crippen LogP contribution in [0, 0.1) is 0 Å². The van der Waals surface area contributed by atoms with E-state index < -0.39 is 17.7 Å². The van der Waals surface area contributed by atoms with Crippen molar-refractivity contribution in [1.82, 2.24) is 15.5 Å². The maximum absolute atomic E-state index is 12.8. The lowest BCUT2D eigenvalue weighted by Gasteiger charge is -2.25. The third-order valence-corrected chi connectivity index (χ3v) is 5.11. The van der Waals surface area contributed by atoms with E-state index >= 15 is 0 Å². The molecule has 0 fully saturated rings. The molecule has 0 bridgehead atoms. The van der Waals surface area contributed by atoms with Crippen LogP contribution in [0.5, 0.6) is 0 Å². The molecule has 2 heterocycles. The Morgan fingerprint density at radius 1 is 1.09 bits per heavy atom. The first-order chi connectivity index (χ1) is 15.8. The van der Waals surface area contributed by atoms with Crippen molar-refractivity contribution in [3.63, 3.8) is 0 Å². The molecule has 2 aromatic carbocycles. The maximum atomic E-state index is 12.8. The number of nitrogens with one attached hydrogen (secondary N) is 1. The molecule has 1 amide bonds. The Morgan fingerprint density at radius 3 is 2.64 bits per heavy atom. The highest BCUT2D eigenvalue weighted by atomic mass is 16.6. The zero-order chi connectivity index (χ0) is 23.4. The number of benzene rings is 2. The van der Waals surface area contributed by atoms with Crippen molar-refractivity contribution >= 4 is 23.1 Å². The molecule has 0 saturated carbocycles. The van der Waals surface area contributed by atoms with Gasteiger partial charge in [-0.2, -0.15) is 0 Å². The first kappa shape index (κ1) is 22.3. The van der Waals surface area contributed by atoms with Crippen LogP contribution in [0.4, 0.5) is 4.79 Å². The molecule has 0 unspecified atom stereocenters. The molecule has 4 aromatic rings. The Labute approximate surface area is 193 Å². The molecule has 6 nitrogen and oxygen atoms in total. The molecule has 0 aliphatic carbocycles. The smallest absolute Gasteiger partial charge is 0.408 e. The largest absolute Gasteiger partial charge is 0.444 e. The fourth-order valence-electron chi connectivity index (χ4n) is 3.72. The molecule has 0 aliphatic rings. The van der Waals surface area contributed by atoms with Crippen LogP contribution >= 0.6 is 0 Å². The summed E-state index contributed by atoms with van der Waals surface area (Å²) in [5, 5.41) is 8.28. The standard InChI is InChI=1S/C27H27N3O3/c1-5-18-11-10-12-19(28-18)17-23(29-26(31)32-27(2,3)4)20-13-6-7-14-21(20)25-22-15-8-9-16-24(22)33-30-25/h5-16,23H,1,17H2,2-4H3,(H,29,31)/t23-/m0/s1. The average molecular weight is 442 g/mol. The number of hydrogen-bond acceptors (Lipinski definition) is 5. The number of rotatable bonds is 6. The van der Waals surface area contributed by atoms with Crippen molar-refractivity contribution < 1.29 is 14.1 Å². The number of fused-ring (bicyclic) bond motifs is 1. The van der Waals surface area contributed by atoms with Gasteiger partial charge in [-0.1, -0.05) is 54.2 Å². The second-order valence-corrected chi connectivity index (χ2v) is 8.78. The number of alkyl carbamates (subject to hydrolysis) is 1. The quantitative estimate of drug-likeness (QED) is 0.378. The fourth-order valence-corrected chi connectivity index (χ4v) is 3.72. The lowest BCUT2D eigenvalue weighted by Crippen LogP contribution is -2.36. The first-order valence-electron chi connectivity index (χ1n) is 10.9. The topological polar surface area (TPSA) is 77.2 Å². The third-order valence-electron chi connectivity index (χ3n) is 5.11. The molecule has 2 aromatic heterocycles. The van der Waals surface area contributed by atoms with Crippen LogP contribution in [0.3, 0.4) is 0 Å². The minimum absolute atomic E-state index is 0.404. The molecule has 168 valence electrons. The van der Waals surface area contributed by atoms with Gasteiger partial charge in [-0.3, -0.25) is 4.98 Å². The van der Waals surface area contributed by atoms with E-state index in [1.165, 1.54) is 0 Å². The number of ether oxygens (including phenoxy) is 1. The highest BCUT2D eigenvalue weighted by molar-refractivity contribution is 5.92. The van der Waals surface area contributed by atoms with Crippen molar-refractivity contribution in [3.05, 3.63) is 90.3 Å². The number of carbonyl (C=O) groups is 1. The van der Waals surface area contributed by atoms with E-state index in [1.807, 2.05) is 87.5 Å². The number of pyridine rings is 1. The monoisotopic (exact) mass is 441 g/mol. The van der Waals surface area contributed by atoms with Crippen LogP contribution in [-0.4, -0.2) is 21.8 Å². The Balaban J connectivity index is 1.77. The molecular formula is C27H27N3O3. The normalized spacial score (nSPS) is 12.3. The summed E-state index contributed by atoms with van der Waals surface area (Å²) in [5.74, 6) is 0. The maximum Gasteiger partial charge on any atom is 0.408 e. The predicted octanol–water partition coefficient (Wildman–Crippen LogP) is 6.34. The average Bonchev–Trinajstić information content (AvgIpc) is 3.21. The Morgan fingerprint density at radius 2 is 1.85 bits per heavy atom. The zero-order valence-corrected chi connectivity index (χ0v) is 19.0. The minimum atomic E-state index is -0.614. The first-order valence-corrected chi connectivity index (χ1v) is 10.9. The summed E-state index contributed by atoms with van der Waals surface area (Å²) in [5.41, 5.74) is 4.20. The van der Waals surface area contributed by atoms with E-state index in [0.717, 1.165) is 33.6 Å². The summed E-state index contributed by atoms with van der Waals surface area (Å²) in [6, 6.07) is 20.9. The Hall–Kier alpha value is -3.93. The van der Waals surface area contributed by atoms with Crippen LogP contribution in [-0.2, 0) is 11.2 Å². The van der Waals surface area contributed by atoms with Crippen molar-refractivity contribution in [2.75, 3.05) is 0 Å². The van der Waals surface area contributed by atoms with Gasteiger partial charge in [-0.25, -0.2) is 4.79 Å². The zero-order valence-electron chi connectivity index (χ0n) is 19.0. The SMILES string of the molecule is C=Cc1cccc(C[C@H](NC(=O)OC(C)(C)C)c2ccccc2-c2noc3ccccc23)n1. The highest BCUT2D eigenvalue weighted by Crippen LogP contribution is 2.34. The summed E-state index contributed by atoms with van der Waals surface area (Å²) in [4.78, 5) is 17.4. The van der Waals surface area contributed by atoms with Crippen LogP contribution in [0.25, 0.3) is 28.3 Å². The second kappa shape index (κ2) is 9.28. The van der Waals surface area contributed by atoms with Crippen LogP contribution in [0.1, 0.15) is 43.8 Å². The van der Waals surface area contributed by atoms with E-state index in [1.54, 1.807) is 6.08 Å². The predicted molar refractivity (Wildman–Crippen MR) is 130 cm³/mol. The van der Waals surface area contributed by atoms with Crippen molar-refractivity contribution in [2.45, 2.75) is 38.8 Å². The van der Waals surface area contributed by atoms with Gasteiger partial charge in [0.1, 0.15) is 11.3 Å². The lowest BCUT2D eigenvalue weighted by atomic mass is 9.93. The molecule has 0 saturated heterocycles. The van der Waals surface area contributed by atoms with Crippen molar-refractivity contribution in [1.29, 1.82) is 0 Å². The van der Waals surface area contributed by atoms with Gasteiger partial charge in [0.25, 0.3) is 0 Å². The molecule has 0 aliphatic heterocycles. The summed E-state index contributed by atoms with van der Waals surface area (Å²) >= 11 is 0. The van der Waals surface area contributed by atoms with Gasteiger partial charge in [0, 0.05) is 23.1 Å². The van der Waals surface area contributed by atoms with Gasteiger partial charge in [-0.15, -0.1) is 0 Å². The van der Waals surface area contributed by atoms with Crippen molar-refractivity contribution in [2.24, 2.45) is 0 Å². The molecule has 4 rings (SSSR count). The molecular weight excluding hydrogens is 414 g/mol.